The normalized spacial score (nSPS) is 12.5. The van der Waals surface area contributed by atoms with E-state index in [1.165, 1.54) is 0 Å². The van der Waals surface area contributed by atoms with Crippen LogP contribution in [0.1, 0.15) is 55.5 Å². The summed E-state index contributed by atoms with van der Waals surface area (Å²) in [6, 6.07) is 5.12. The molecule has 1 aromatic rings. The van der Waals surface area contributed by atoms with Gasteiger partial charge in [0.1, 0.15) is 5.75 Å². The van der Waals surface area contributed by atoms with Gasteiger partial charge in [0.15, 0.2) is 5.78 Å². The number of carbonyl (C=O) groups excluding carboxylic acids is 1. The van der Waals surface area contributed by atoms with Crippen molar-refractivity contribution in [2.24, 2.45) is 0 Å². The molecule has 0 saturated heterocycles. The molecule has 0 aliphatic rings. The first-order valence-electron chi connectivity index (χ1n) is 5.46. The van der Waals surface area contributed by atoms with Gasteiger partial charge in [0, 0.05) is 12.0 Å². The summed E-state index contributed by atoms with van der Waals surface area (Å²) in [6.45, 7) is 5.96. The molecule has 15 heavy (non-hydrogen) atoms. The van der Waals surface area contributed by atoms with Gasteiger partial charge in [-0.25, -0.2) is 0 Å². The monoisotopic (exact) mass is 206 g/mol. The van der Waals surface area contributed by atoms with Crippen molar-refractivity contribution in [2.75, 3.05) is 0 Å². The van der Waals surface area contributed by atoms with Crippen LogP contribution >= 0.6 is 0 Å². The molecule has 0 bridgehead atoms. The fourth-order valence-corrected chi connectivity index (χ4v) is 1.55. The van der Waals surface area contributed by atoms with Gasteiger partial charge in [-0.3, -0.25) is 4.79 Å². The highest BCUT2D eigenvalue weighted by Crippen LogP contribution is 2.28. The van der Waals surface area contributed by atoms with Crippen LogP contribution in [0.5, 0.6) is 5.75 Å². The van der Waals surface area contributed by atoms with E-state index >= 15 is 0 Å². The highest BCUT2D eigenvalue weighted by Gasteiger charge is 2.11. The number of Topliss-reactive ketones (excluding diaryl/α,β-unsaturated/α-hetero) is 1. The highest BCUT2D eigenvalue weighted by molar-refractivity contribution is 5.96. The summed E-state index contributed by atoms with van der Waals surface area (Å²) in [5.41, 5.74) is 1.57. The zero-order chi connectivity index (χ0) is 11.4. The summed E-state index contributed by atoms with van der Waals surface area (Å²) < 4.78 is 0. The molecule has 2 nitrogen and oxygen atoms in total. The predicted molar refractivity (Wildman–Crippen MR) is 61.4 cm³/mol. The van der Waals surface area contributed by atoms with Gasteiger partial charge in [0.05, 0.1) is 0 Å². The van der Waals surface area contributed by atoms with Crippen molar-refractivity contribution in [3.63, 3.8) is 0 Å². The van der Waals surface area contributed by atoms with Crippen LogP contribution in [0, 0.1) is 0 Å². The molecule has 1 atom stereocenters. The molecule has 82 valence electrons. The third kappa shape index (κ3) is 2.58. The molecule has 0 aliphatic carbocycles. The van der Waals surface area contributed by atoms with Gasteiger partial charge in [-0.2, -0.15) is 0 Å². The molecule has 1 N–H and O–H groups in total. The van der Waals surface area contributed by atoms with Crippen molar-refractivity contribution < 1.29 is 9.90 Å². The Morgan fingerprint density at radius 3 is 2.60 bits per heavy atom. The predicted octanol–water partition coefficient (Wildman–Crippen LogP) is 3.50. The fraction of sp³-hybridized carbons (Fsp3) is 0.462. The SMILES string of the molecule is CCC(=O)c1ccc(O)c(C(C)CC)c1. The van der Waals surface area contributed by atoms with E-state index < -0.39 is 0 Å². The summed E-state index contributed by atoms with van der Waals surface area (Å²) in [6.07, 6.45) is 1.46. The van der Waals surface area contributed by atoms with E-state index in [-0.39, 0.29) is 17.5 Å². The quantitative estimate of drug-likeness (QED) is 0.765. The Balaban J connectivity index is 3.10. The van der Waals surface area contributed by atoms with Gasteiger partial charge in [-0.05, 0) is 36.1 Å². The number of hydrogen-bond acceptors (Lipinski definition) is 2. The minimum Gasteiger partial charge on any atom is -0.508 e. The van der Waals surface area contributed by atoms with Gasteiger partial charge in [-0.1, -0.05) is 20.8 Å². The Kier molecular flexibility index (Phi) is 3.89. The second-order valence-electron chi connectivity index (χ2n) is 3.86. The van der Waals surface area contributed by atoms with Crippen LogP contribution in [-0.4, -0.2) is 10.9 Å². The maximum absolute atomic E-state index is 11.5. The second kappa shape index (κ2) is 4.96. The van der Waals surface area contributed by atoms with Crippen LogP contribution in [-0.2, 0) is 0 Å². The average molecular weight is 206 g/mol. The van der Waals surface area contributed by atoms with E-state index in [2.05, 4.69) is 13.8 Å². The van der Waals surface area contributed by atoms with E-state index in [9.17, 15) is 9.90 Å². The second-order valence-corrected chi connectivity index (χ2v) is 3.86. The van der Waals surface area contributed by atoms with E-state index in [1.54, 1.807) is 12.1 Å². The molecule has 0 spiro atoms. The molecule has 1 unspecified atom stereocenters. The number of benzene rings is 1. The van der Waals surface area contributed by atoms with Crippen LogP contribution in [0.3, 0.4) is 0 Å². The topological polar surface area (TPSA) is 37.3 Å². The first-order chi connectivity index (χ1) is 7.10. The molecular weight excluding hydrogens is 188 g/mol. The standard InChI is InChI=1S/C13H18O2/c1-4-9(3)11-8-10(12(14)5-2)6-7-13(11)15/h6-9,15H,4-5H2,1-3H3. The Morgan fingerprint density at radius 2 is 2.07 bits per heavy atom. The molecule has 0 amide bonds. The maximum Gasteiger partial charge on any atom is 0.162 e. The molecule has 0 aromatic heterocycles. The van der Waals surface area contributed by atoms with E-state index in [0.717, 1.165) is 12.0 Å². The Bertz CT molecular complexity index is 356. The zero-order valence-corrected chi connectivity index (χ0v) is 9.58. The first kappa shape index (κ1) is 11.8. The smallest absolute Gasteiger partial charge is 0.162 e. The third-order valence-electron chi connectivity index (χ3n) is 2.81. The van der Waals surface area contributed by atoms with Crippen molar-refractivity contribution >= 4 is 5.78 Å². The van der Waals surface area contributed by atoms with Crippen molar-refractivity contribution in [3.05, 3.63) is 29.3 Å². The van der Waals surface area contributed by atoms with Gasteiger partial charge >= 0.3 is 0 Å². The number of carbonyl (C=O) groups is 1. The van der Waals surface area contributed by atoms with Gasteiger partial charge in [0.2, 0.25) is 0 Å². The van der Waals surface area contributed by atoms with Crippen LogP contribution in [0.25, 0.3) is 0 Å². The third-order valence-corrected chi connectivity index (χ3v) is 2.81. The lowest BCUT2D eigenvalue weighted by molar-refractivity contribution is 0.0988. The minimum absolute atomic E-state index is 0.125. The number of phenolic OH excluding ortho intramolecular Hbond substituents is 1. The number of hydrogen-bond donors (Lipinski definition) is 1. The lowest BCUT2D eigenvalue weighted by atomic mass is 9.94. The summed E-state index contributed by atoms with van der Waals surface area (Å²) in [5.74, 6) is 0.700. The van der Waals surface area contributed by atoms with Crippen molar-refractivity contribution in [1.82, 2.24) is 0 Å². The molecule has 2 heteroatoms. The van der Waals surface area contributed by atoms with Crippen LogP contribution < -0.4 is 0 Å². The fourth-order valence-electron chi connectivity index (χ4n) is 1.55. The zero-order valence-electron chi connectivity index (χ0n) is 9.58. The average Bonchev–Trinajstić information content (AvgIpc) is 2.27. The molecule has 0 aliphatic heterocycles. The Hall–Kier alpha value is -1.31. The number of ketones is 1. The van der Waals surface area contributed by atoms with Gasteiger partial charge < -0.3 is 5.11 Å². The molecule has 0 heterocycles. The van der Waals surface area contributed by atoms with Gasteiger partial charge in [-0.15, -0.1) is 0 Å². The molecular formula is C13H18O2. The summed E-state index contributed by atoms with van der Waals surface area (Å²) in [5, 5.41) is 9.68. The summed E-state index contributed by atoms with van der Waals surface area (Å²) in [7, 11) is 0. The Labute approximate surface area is 90.9 Å². The number of aromatic hydroxyl groups is 1. The number of phenols is 1. The molecule has 0 saturated carbocycles. The van der Waals surface area contributed by atoms with Crippen LogP contribution in [0.15, 0.2) is 18.2 Å². The first-order valence-corrected chi connectivity index (χ1v) is 5.46. The molecule has 0 fully saturated rings. The Morgan fingerprint density at radius 1 is 1.40 bits per heavy atom. The van der Waals surface area contributed by atoms with Crippen molar-refractivity contribution in [3.8, 4) is 5.75 Å². The molecule has 0 radical (unpaired) electrons. The van der Waals surface area contributed by atoms with Gasteiger partial charge in [0.25, 0.3) is 0 Å². The lowest BCUT2D eigenvalue weighted by Gasteiger charge is -2.12. The number of rotatable bonds is 4. The largest absolute Gasteiger partial charge is 0.508 e. The van der Waals surface area contributed by atoms with E-state index in [0.29, 0.717) is 12.0 Å². The summed E-state index contributed by atoms with van der Waals surface area (Å²) >= 11 is 0. The van der Waals surface area contributed by atoms with Crippen LogP contribution in [0.2, 0.25) is 0 Å². The molecule has 1 rings (SSSR count). The molecule has 1 aromatic carbocycles. The van der Waals surface area contributed by atoms with Crippen molar-refractivity contribution in [2.45, 2.75) is 39.5 Å². The van der Waals surface area contributed by atoms with E-state index in [4.69, 9.17) is 0 Å². The highest BCUT2D eigenvalue weighted by atomic mass is 16.3. The van der Waals surface area contributed by atoms with Crippen molar-refractivity contribution in [1.29, 1.82) is 0 Å². The maximum atomic E-state index is 11.5. The van der Waals surface area contributed by atoms with E-state index in [1.807, 2.05) is 13.0 Å². The summed E-state index contributed by atoms with van der Waals surface area (Å²) in [4.78, 5) is 11.5. The minimum atomic E-state index is 0.125. The van der Waals surface area contributed by atoms with Crippen LogP contribution in [0.4, 0.5) is 0 Å². The lowest BCUT2D eigenvalue weighted by Crippen LogP contribution is -2.00.